The highest BCUT2D eigenvalue weighted by molar-refractivity contribution is 5.66. The molecule has 0 aliphatic carbocycles. The van der Waals surface area contributed by atoms with Gasteiger partial charge in [-0.15, -0.1) is 0 Å². The van der Waals surface area contributed by atoms with Gasteiger partial charge >= 0.3 is 5.97 Å². The predicted octanol–water partition coefficient (Wildman–Crippen LogP) is 6.59. The number of hydrogen-bond acceptors (Lipinski definition) is 3. The molecule has 1 N–H and O–H groups in total. The van der Waals surface area contributed by atoms with E-state index in [-0.39, 0.29) is 0 Å². The van der Waals surface area contributed by atoms with E-state index in [0.29, 0.717) is 6.42 Å². The second kappa shape index (κ2) is 21.3. The molecule has 0 amide bonds. The number of unbranched alkanes of at least 4 members (excludes halogenated alkanes) is 11. The SMILES string of the molecule is CCCCCCCC/C=C\CCCCCCCC(=O)O.c1cncnc1. The first-order valence-corrected chi connectivity index (χ1v) is 10.3. The molecule has 0 fully saturated rings. The summed E-state index contributed by atoms with van der Waals surface area (Å²) in [6.07, 6.45) is 26.1. The van der Waals surface area contributed by atoms with Crippen molar-refractivity contribution in [1.29, 1.82) is 0 Å². The van der Waals surface area contributed by atoms with Crippen LogP contribution in [0.5, 0.6) is 0 Å². The Hall–Kier alpha value is -1.71. The number of carboxylic acids is 1. The van der Waals surface area contributed by atoms with Crippen LogP contribution in [0.4, 0.5) is 0 Å². The lowest BCUT2D eigenvalue weighted by Gasteiger charge is -1.99. The lowest BCUT2D eigenvalue weighted by molar-refractivity contribution is -0.137. The smallest absolute Gasteiger partial charge is 0.303 e. The molecule has 0 aliphatic rings. The van der Waals surface area contributed by atoms with E-state index in [1.807, 2.05) is 0 Å². The predicted molar refractivity (Wildman–Crippen MR) is 109 cm³/mol. The second-order valence-corrected chi connectivity index (χ2v) is 6.63. The van der Waals surface area contributed by atoms with E-state index >= 15 is 0 Å². The van der Waals surface area contributed by atoms with Gasteiger partial charge in [-0.05, 0) is 38.2 Å². The quantitative estimate of drug-likeness (QED) is 0.282. The summed E-state index contributed by atoms with van der Waals surface area (Å²) in [5.74, 6) is -0.664. The van der Waals surface area contributed by atoms with Gasteiger partial charge < -0.3 is 5.11 Å². The van der Waals surface area contributed by atoms with E-state index < -0.39 is 5.97 Å². The van der Waals surface area contributed by atoms with Crippen molar-refractivity contribution >= 4 is 5.97 Å². The Kier molecular flexibility index (Phi) is 19.9. The third-order valence-corrected chi connectivity index (χ3v) is 4.13. The molecule has 0 unspecified atom stereocenters. The maximum atomic E-state index is 10.3. The number of aliphatic carboxylic acids is 1. The third kappa shape index (κ3) is 22.3. The lowest BCUT2D eigenvalue weighted by Crippen LogP contribution is -1.93. The Labute approximate surface area is 160 Å². The lowest BCUT2D eigenvalue weighted by atomic mass is 10.1. The van der Waals surface area contributed by atoms with E-state index in [1.54, 1.807) is 18.5 Å². The van der Waals surface area contributed by atoms with Gasteiger partial charge in [-0.3, -0.25) is 4.79 Å². The summed E-state index contributed by atoms with van der Waals surface area (Å²) < 4.78 is 0. The normalized spacial score (nSPS) is 10.5. The van der Waals surface area contributed by atoms with Gasteiger partial charge in [0.25, 0.3) is 0 Å². The number of rotatable bonds is 15. The molecule has 4 nitrogen and oxygen atoms in total. The molecule has 0 spiro atoms. The Balaban J connectivity index is 0.000000867. The zero-order chi connectivity index (χ0) is 19.1. The molecule has 0 radical (unpaired) electrons. The molecule has 1 rings (SSSR count). The van der Waals surface area contributed by atoms with E-state index in [1.165, 1.54) is 77.0 Å². The number of hydrogen-bond donors (Lipinski definition) is 1. The maximum Gasteiger partial charge on any atom is 0.303 e. The molecule has 0 atom stereocenters. The van der Waals surface area contributed by atoms with Crippen molar-refractivity contribution in [2.75, 3.05) is 0 Å². The molecule has 26 heavy (non-hydrogen) atoms. The summed E-state index contributed by atoms with van der Waals surface area (Å²) in [5, 5.41) is 8.51. The topological polar surface area (TPSA) is 63.1 Å². The fourth-order valence-corrected chi connectivity index (χ4v) is 2.60. The van der Waals surface area contributed by atoms with Gasteiger partial charge in [0.2, 0.25) is 0 Å². The molecular weight excluding hydrogens is 324 g/mol. The molecule has 0 saturated carbocycles. The zero-order valence-electron chi connectivity index (χ0n) is 16.6. The van der Waals surface area contributed by atoms with Crippen molar-refractivity contribution in [3.63, 3.8) is 0 Å². The van der Waals surface area contributed by atoms with Crippen LogP contribution in [0.25, 0.3) is 0 Å². The molecule has 0 aromatic carbocycles. The van der Waals surface area contributed by atoms with E-state index in [9.17, 15) is 4.79 Å². The largest absolute Gasteiger partial charge is 0.481 e. The molecule has 0 bridgehead atoms. The fraction of sp³-hybridized carbons (Fsp3) is 0.682. The van der Waals surface area contributed by atoms with Gasteiger partial charge in [0.15, 0.2) is 0 Å². The number of carboxylic acid groups (broad SMARTS) is 1. The van der Waals surface area contributed by atoms with Crippen LogP contribution >= 0.6 is 0 Å². The van der Waals surface area contributed by atoms with Crippen LogP contribution in [0.1, 0.15) is 96.8 Å². The zero-order valence-corrected chi connectivity index (χ0v) is 16.6. The summed E-state index contributed by atoms with van der Waals surface area (Å²) in [5.41, 5.74) is 0. The van der Waals surface area contributed by atoms with Crippen LogP contribution in [0.3, 0.4) is 0 Å². The number of carbonyl (C=O) groups is 1. The van der Waals surface area contributed by atoms with E-state index in [0.717, 1.165) is 12.8 Å². The van der Waals surface area contributed by atoms with Crippen molar-refractivity contribution in [2.24, 2.45) is 0 Å². The van der Waals surface area contributed by atoms with E-state index in [4.69, 9.17) is 5.11 Å². The summed E-state index contributed by atoms with van der Waals surface area (Å²) in [6, 6.07) is 1.78. The van der Waals surface area contributed by atoms with Gasteiger partial charge in [0.1, 0.15) is 6.33 Å². The second-order valence-electron chi connectivity index (χ2n) is 6.63. The van der Waals surface area contributed by atoms with E-state index in [2.05, 4.69) is 29.0 Å². The average molecular weight is 363 g/mol. The number of aromatic nitrogens is 2. The molecule has 1 heterocycles. The fourth-order valence-electron chi connectivity index (χ4n) is 2.60. The first-order valence-electron chi connectivity index (χ1n) is 10.3. The molecule has 148 valence electrons. The standard InChI is InChI=1S/C18H34O2.C4H4N2/c1-2-3-4-5-6-7-8-9-10-11-12-13-14-15-16-17-18(19)20;1-2-5-4-6-3-1/h9-10H,2-8,11-17H2,1H3,(H,19,20);1-4H/b10-9-;. The van der Waals surface area contributed by atoms with Crippen molar-refractivity contribution in [3.05, 3.63) is 36.9 Å². The third-order valence-electron chi connectivity index (χ3n) is 4.13. The molecule has 1 aromatic heterocycles. The first kappa shape index (κ1) is 24.3. The van der Waals surface area contributed by atoms with Crippen LogP contribution < -0.4 is 0 Å². The highest BCUT2D eigenvalue weighted by Gasteiger charge is 1.95. The highest BCUT2D eigenvalue weighted by Crippen LogP contribution is 2.09. The Morgan fingerprint density at radius 3 is 1.73 bits per heavy atom. The minimum atomic E-state index is -0.664. The van der Waals surface area contributed by atoms with Crippen LogP contribution in [0, 0.1) is 0 Å². The molecule has 0 aliphatic heterocycles. The highest BCUT2D eigenvalue weighted by atomic mass is 16.4. The minimum Gasteiger partial charge on any atom is -0.481 e. The van der Waals surface area contributed by atoms with Crippen LogP contribution in [-0.4, -0.2) is 21.0 Å². The van der Waals surface area contributed by atoms with Crippen LogP contribution in [0.15, 0.2) is 36.9 Å². The number of nitrogens with zero attached hydrogens (tertiary/aromatic N) is 2. The van der Waals surface area contributed by atoms with Gasteiger partial charge in [-0.2, -0.15) is 0 Å². The van der Waals surface area contributed by atoms with Crippen molar-refractivity contribution in [1.82, 2.24) is 9.97 Å². The van der Waals surface area contributed by atoms with Crippen LogP contribution in [-0.2, 0) is 4.79 Å². The molecule has 0 saturated heterocycles. The monoisotopic (exact) mass is 362 g/mol. The summed E-state index contributed by atoms with van der Waals surface area (Å²) >= 11 is 0. The Morgan fingerprint density at radius 2 is 1.31 bits per heavy atom. The molecule has 4 heteroatoms. The maximum absolute atomic E-state index is 10.3. The van der Waals surface area contributed by atoms with Gasteiger partial charge in [-0.1, -0.05) is 70.4 Å². The molecule has 1 aromatic rings. The summed E-state index contributed by atoms with van der Waals surface area (Å²) in [7, 11) is 0. The van der Waals surface area contributed by atoms with Crippen molar-refractivity contribution in [2.45, 2.75) is 96.8 Å². The van der Waals surface area contributed by atoms with Gasteiger partial charge in [0.05, 0.1) is 0 Å². The summed E-state index contributed by atoms with van der Waals surface area (Å²) in [4.78, 5) is 17.7. The molecular formula is C22H38N2O2. The first-order chi connectivity index (χ1) is 12.8. The van der Waals surface area contributed by atoms with Gasteiger partial charge in [-0.25, -0.2) is 9.97 Å². The Morgan fingerprint density at radius 1 is 0.808 bits per heavy atom. The summed E-state index contributed by atoms with van der Waals surface area (Å²) in [6.45, 7) is 2.26. The number of allylic oxidation sites excluding steroid dienone is 2. The van der Waals surface area contributed by atoms with Crippen molar-refractivity contribution < 1.29 is 9.90 Å². The van der Waals surface area contributed by atoms with Crippen LogP contribution in [0.2, 0.25) is 0 Å². The minimum absolute atomic E-state index is 0.332. The average Bonchev–Trinajstić information content (AvgIpc) is 2.66. The van der Waals surface area contributed by atoms with Crippen molar-refractivity contribution in [3.8, 4) is 0 Å². The van der Waals surface area contributed by atoms with Gasteiger partial charge in [0, 0.05) is 18.8 Å². The Bertz CT molecular complexity index is 395.